The maximum atomic E-state index is 12.0. The molecule has 1 heterocycles. The Morgan fingerprint density at radius 1 is 1.33 bits per heavy atom. The number of hydrogen-bond donors (Lipinski definition) is 1. The number of nitrogens with one attached hydrogen (secondary N) is 1. The van der Waals surface area contributed by atoms with Crippen LogP contribution in [-0.2, 0) is 11.3 Å². The maximum absolute atomic E-state index is 12.0. The minimum atomic E-state index is -4.40. The number of ether oxygens (including phenoxy) is 1. The van der Waals surface area contributed by atoms with Crippen molar-refractivity contribution in [2.75, 3.05) is 13.2 Å². The first kappa shape index (κ1) is 15.2. The minimum Gasteiger partial charge on any atom is -0.494 e. The SMILES string of the molecule is CCOc1ccc2c(ccn2CC(=O)NCC(F)(F)F)c1. The van der Waals surface area contributed by atoms with Crippen LogP contribution in [0.3, 0.4) is 0 Å². The van der Waals surface area contributed by atoms with E-state index in [1.54, 1.807) is 29.0 Å². The summed E-state index contributed by atoms with van der Waals surface area (Å²) in [5.74, 6) is 0.0305. The van der Waals surface area contributed by atoms with Crippen LogP contribution in [0.1, 0.15) is 6.92 Å². The van der Waals surface area contributed by atoms with E-state index in [2.05, 4.69) is 0 Å². The second-order valence-corrected chi connectivity index (χ2v) is 4.49. The van der Waals surface area contributed by atoms with Crippen molar-refractivity contribution in [2.45, 2.75) is 19.6 Å². The molecular weight excluding hydrogens is 285 g/mol. The van der Waals surface area contributed by atoms with E-state index in [1.807, 2.05) is 18.3 Å². The van der Waals surface area contributed by atoms with Crippen LogP contribution in [-0.4, -0.2) is 29.8 Å². The van der Waals surface area contributed by atoms with Crippen molar-refractivity contribution in [1.82, 2.24) is 9.88 Å². The van der Waals surface area contributed by atoms with Crippen LogP contribution in [0.5, 0.6) is 5.75 Å². The standard InChI is InChI=1S/C14H15F3N2O2/c1-2-21-11-3-4-12-10(7-11)5-6-19(12)8-13(20)18-9-14(15,16)17/h3-7H,2,8-9H2,1H3,(H,18,20). The lowest BCUT2D eigenvalue weighted by molar-refractivity contribution is -0.138. The lowest BCUT2D eigenvalue weighted by atomic mass is 10.2. The number of alkyl halides is 3. The molecule has 0 radical (unpaired) electrons. The Morgan fingerprint density at radius 2 is 2.10 bits per heavy atom. The molecule has 4 nitrogen and oxygen atoms in total. The molecule has 0 saturated carbocycles. The van der Waals surface area contributed by atoms with Crippen molar-refractivity contribution in [2.24, 2.45) is 0 Å². The molecular formula is C14H15F3N2O2. The summed E-state index contributed by atoms with van der Waals surface area (Å²) >= 11 is 0. The molecule has 1 aromatic heterocycles. The quantitative estimate of drug-likeness (QED) is 0.922. The van der Waals surface area contributed by atoms with Gasteiger partial charge in [0.15, 0.2) is 0 Å². The van der Waals surface area contributed by atoms with E-state index < -0.39 is 18.6 Å². The minimum absolute atomic E-state index is 0.159. The van der Waals surface area contributed by atoms with Gasteiger partial charge in [-0.2, -0.15) is 13.2 Å². The van der Waals surface area contributed by atoms with Gasteiger partial charge in [-0.15, -0.1) is 0 Å². The number of halogens is 3. The normalized spacial score (nSPS) is 11.6. The van der Waals surface area contributed by atoms with Crippen molar-refractivity contribution in [3.05, 3.63) is 30.5 Å². The highest BCUT2D eigenvalue weighted by Gasteiger charge is 2.27. The van der Waals surface area contributed by atoms with Gasteiger partial charge in [-0.25, -0.2) is 0 Å². The van der Waals surface area contributed by atoms with Crippen LogP contribution in [0.4, 0.5) is 13.2 Å². The Labute approximate surface area is 119 Å². The number of carbonyl (C=O) groups is 1. The molecule has 7 heteroatoms. The Hall–Kier alpha value is -2.18. The molecule has 0 fully saturated rings. The first-order valence-corrected chi connectivity index (χ1v) is 6.44. The third-order valence-corrected chi connectivity index (χ3v) is 2.85. The molecule has 0 atom stereocenters. The van der Waals surface area contributed by atoms with Gasteiger partial charge in [0.2, 0.25) is 5.91 Å². The molecule has 114 valence electrons. The molecule has 0 bridgehead atoms. The van der Waals surface area contributed by atoms with Gasteiger partial charge in [0.1, 0.15) is 18.8 Å². The van der Waals surface area contributed by atoms with Gasteiger partial charge in [0.05, 0.1) is 6.61 Å². The van der Waals surface area contributed by atoms with Gasteiger partial charge in [0, 0.05) is 17.1 Å². The predicted octanol–water partition coefficient (Wildman–Crippen LogP) is 2.72. The Bertz CT molecular complexity index is 635. The second-order valence-electron chi connectivity index (χ2n) is 4.49. The van der Waals surface area contributed by atoms with Gasteiger partial charge >= 0.3 is 6.18 Å². The number of amides is 1. The monoisotopic (exact) mass is 300 g/mol. The summed E-state index contributed by atoms with van der Waals surface area (Å²) in [5.41, 5.74) is 0.764. The molecule has 1 amide bonds. The zero-order valence-electron chi connectivity index (χ0n) is 11.4. The number of nitrogens with zero attached hydrogens (tertiary/aromatic N) is 1. The van der Waals surface area contributed by atoms with Crippen LogP contribution in [0.15, 0.2) is 30.5 Å². The Balaban J connectivity index is 2.07. The average molecular weight is 300 g/mol. The third-order valence-electron chi connectivity index (χ3n) is 2.85. The fourth-order valence-corrected chi connectivity index (χ4v) is 1.98. The molecule has 0 unspecified atom stereocenters. The fraction of sp³-hybridized carbons (Fsp3) is 0.357. The van der Waals surface area contributed by atoms with E-state index in [-0.39, 0.29) is 6.54 Å². The smallest absolute Gasteiger partial charge is 0.405 e. The first-order valence-electron chi connectivity index (χ1n) is 6.44. The number of aromatic nitrogens is 1. The second kappa shape index (κ2) is 6.07. The maximum Gasteiger partial charge on any atom is 0.405 e. The average Bonchev–Trinajstić information content (AvgIpc) is 2.79. The summed E-state index contributed by atoms with van der Waals surface area (Å²) in [6.07, 6.45) is -2.74. The molecule has 21 heavy (non-hydrogen) atoms. The summed E-state index contributed by atoms with van der Waals surface area (Å²) in [6, 6.07) is 7.14. The summed E-state index contributed by atoms with van der Waals surface area (Å²) in [4.78, 5) is 11.5. The van der Waals surface area contributed by atoms with E-state index in [0.29, 0.717) is 12.4 Å². The van der Waals surface area contributed by atoms with Crippen molar-refractivity contribution in [1.29, 1.82) is 0 Å². The first-order chi connectivity index (χ1) is 9.89. The van der Waals surface area contributed by atoms with Gasteiger partial charge < -0.3 is 14.6 Å². The van der Waals surface area contributed by atoms with E-state index in [4.69, 9.17) is 4.74 Å². The number of fused-ring (bicyclic) bond motifs is 1. The van der Waals surface area contributed by atoms with E-state index in [9.17, 15) is 18.0 Å². The predicted molar refractivity (Wildman–Crippen MR) is 72.2 cm³/mol. The fourth-order valence-electron chi connectivity index (χ4n) is 1.98. The highest BCUT2D eigenvalue weighted by molar-refractivity contribution is 5.84. The number of hydrogen-bond acceptors (Lipinski definition) is 2. The summed E-state index contributed by atoms with van der Waals surface area (Å²) in [7, 11) is 0. The molecule has 1 aromatic carbocycles. The van der Waals surface area contributed by atoms with Crippen molar-refractivity contribution in [3.8, 4) is 5.75 Å². The molecule has 0 spiro atoms. The van der Waals surface area contributed by atoms with Gasteiger partial charge in [-0.3, -0.25) is 4.79 Å². The van der Waals surface area contributed by atoms with Crippen LogP contribution in [0.2, 0.25) is 0 Å². The highest BCUT2D eigenvalue weighted by atomic mass is 19.4. The Kier molecular flexibility index (Phi) is 4.40. The van der Waals surface area contributed by atoms with Crippen molar-refractivity contribution >= 4 is 16.8 Å². The molecule has 0 aliphatic carbocycles. The number of carbonyl (C=O) groups excluding carboxylic acids is 1. The zero-order chi connectivity index (χ0) is 15.5. The van der Waals surface area contributed by atoms with Gasteiger partial charge in [-0.05, 0) is 31.2 Å². The molecule has 1 N–H and O–H groups in total. The lowest BCUT2D eigenvalue weighted by Crippen LogP contribution is -2.35. The third kappa shape index (κ3) is 4.14. The molecule has 0 saturated heterocycles. The van der Waals surface area contributed by atoms with E-state index in [0.717, 1.165) is 10.9 Å². The van der Waals surface area contributed by atoms with Crippen LogP contribution < -0.4 is 10.1 Å². The molecule has 0 aliphatic rings. The van der Waals surface area contributed by atoms with E-state index >= 15 is 0 Å². The summed E-state index contributed by atoms with van der Waals surface area (Å²) in [5, 5.41) is 2.71. The summed E-state index contributed by atoms with van der Waals surface area (Å²) in [6.45, 7) is 0.944. The molecule has 0 aliphatic heterocycles. The summed E-state index contributed by atoms with van der Waals surface area (Å²) < 4.78 is 43.0. The van der Waals surface area contributed by atoms with Crippen molar-refractivity contribution < 1.29 is 22.7 Å². The molecule has 2 aromatic rings. The van der Waals surface area contributed by atoms with Crippen LogP contribution in [0, 0.1) is 0 Å². The number of rotatable bonds is 5. The van der Waals surface area contributed by atoms with Crippen molar-refractivity contribution in [3.63, 3.8) is 0 Å². The largest absolute Gasteiger partial charge is 0.494 e. The van der Waals surface area contributed by atoms with Crippen LogP contribution >= 0.6 is 0 Å². The zero-order valence-corrected chi connectivity index (χ0v) is 11.4. The van der Waals surface area contributed by atoms with Gasteiger partial charge in [-0.1, -0.05) is 0 Å². The van der Waals surface area contributed by atoms with Crippen LogP contribution in [0.25, 0.3) is 10.9 Å². The lowest BCUT2D eigenvalue weighted by Gasteiger charge is -2.10. The van der Waals surface area contributed by atoms with Gasteiger partial charge in [0.25, 0.3) is 0 Å². The highest BCUT2D eigenvalue weighted by Crippen LogP contribution is 2.22. The Morgan fingerprint density at radius 3 is 2.76 bits per heavy atom. The van der Waals surface area contributed by atoms with E-state index in [1.165, 1.54) is 0 Å². The topological polar surface area (TPSA) is 43.3 Å². The molecule has 2 rings (SSSR count). The number of benzene rings is 1.